The lowest BCUT2D eigenvalue weighted by Gasteiger charge is -2.42. The molecule has 2 heteroatoms. The highest BCUT2D eigenvalue weighted by atomic mass is 15.2. The maximum atomic E-state index is 6.24. The normalized spacial score (nSPS) is 23.9. The molecular formula is C19H32N2. The zero-order valence-electron chi connectivity index (χ0n) is 14.0. The Bertz CT molecular complexity index is 411. The van der Waals surface area contributed by atoms with Crippen molar-refractivity contribution < 1.29 is 0 Å². The van der Waals surface area contributed by atoms with Crippen molar-refractivity contribution in [3.63, 3.8) is 0 Å². The molecule has 1 aromatic rings. The summed E-state index contributed by atoms with van der Waals surface area (Å²) < 4.78 is 0. The number of benzene rings is 1. The van der Waals surface area contributed by atoms with Crippen molar-refractivity contribution in [2.75, 3.05) is 19.6 Å². The Balaban J connectivity index is 2.09. The summed E-state index contributed by atoms with van der Waals surface area (Å²) in [6, 6.07) is 11.0. The summed E-state index contributed by atoms with van der Waals surface area (Å²) in [5.74, 6) is 1.44. The zero-order chi connectivity index (χ0) is 15.3. The van der Waals surface area contributed by atoms with Gasteiger partial charge >= 0.3 is 0 Å². The average Bonchev–Trinajstić information content (AvgIpc) is 3.04. The fourth-order valence-electron chi connectivity index (χ4n) is 3.84. The van der Waals surface area contributed by atoms with Crippen LogP contribution >= 0.6 is 0 Å². The molecular weight excluding hydrogens is 256 g/mol. The van der Waals surface area contributed by atoms with Crippen molar-refractivity contribution in [1.82, 2.24) is 4.90 Å². The van der Waals surface area contributed by atoms with Crippen LogP contribution in [0.5, 0.6) is 0 Å². The van der Waals surface area contributed by atoms with E-state index in [0.717, 1.165) is 18.9 Å². The van der Waals surface area contributed by atoms with Crippen LogP contribution in [-0.4, -0.2) is 30.1 Å². The van der Waals surface area contributed by atoms with Gasteiger partial charge in [0.2, 0.25) is 0 Å². The molecule has 3 atom stereocenters. The lowest BCUT2D eigenvalue weighted by atomic mass is 9.83. The first-order valence-electron chi connectivity index (χ1n) is 8.65. The molecule has 0 saturated carbocycles. The SMILES string of the molecule is CCC(C)CC(CC)(CN)N1CCC(c2ccccc2)C1. The maximum Gasteiger partial charge on any atom is 0.0331 e. The van der Waals surface area contributed by atoms with Gasteiger partial charge in [-0.1, -0.05) is 57.5 Å². The standard InChI is InChI=1S/C19H32N2/c1-4-16(3)13-19(5-2,15-20)21-12-11-18(14-21)17-9-7-6-8-10-17/h6-10,16,18H,4-5,11-15,20H2,1-3H3. The summed E-state index contributed by atoms with van der Waals surface area (Å²) >= 11 is 0. The fraction of sp³-hybridized carbons (Fsp3) is 0.684. The summed E-state index contributed by atoms with van der Waals surface area (Å²) in [5, 5.41) is 0. The Kier molecular flexibility index (Phi) is 5.83. The molecule has 2 nitrogen and oxygen atoms in total. The van der Waals surface area contributed by atoms with Crippen LogP contribution < -0.4 is 5.73 Å². The number of nitrogens with zero attached hydrogens (tertiary/aromatic N) is 1. The molecule has 0 spiro atoms. The van der Waals surface area contributed by atoms with Crippen molar-refractivity contribution in [2.45, 2.75) is 57.9 Å². The van der Waals surface area contributed by atoms with Crippen LogP contribution in [0.4, 0.5) is 0 Å². The highest BCUT2D eigenvalue weighted by Gasteiger charge is 2.39. The van der Waals surface area contributed by atoms with Crippen LogP contribution in [0.1, 0.15) is 57.9 Å². The van der Waals surface area contributed by atoms with E-state index in [1.165, 1.54) is 37.9 Å². The van der Waals surface area contributed by atoms with Gasteiger partial charge in [-0.2, -0.15) is 0 Å². The van der Waals surface area contributed by atoms with Crippen molar-refractivity contribution in [3.8, 4) is 0 Å². The quantitative estimate of drug-likeness (QED) is 0.821. The van der Waals surface area contributed by atoms with Gasteiger partial charge in [0.25, 0.3) is 0 Å². The van der Waals surface area contributed by atoms with E-state index in [1.807, 2.05) is 0 Å². The molecule has 0 bridgehead atoms. The number of likely N-dealkylation sites (tertiary alicyclic amines) is 1. The van der Waals surface area contributed by atoms with E-state index in [-0.39, 0.29) is 5.54 Å². The first kappa shape index (κ1) is 16.5. The Morgan fingerprint density at radius 1 is 1.29 bits per heavy atom. The summed E-state index contributed by atoms with van der Waals surface area (Å²) in [7, 11) is 0. The third-order valence-corrected chi connectivity index (χ3v) is 5.59. The molecule has 1 fully saturated rings. The predicted octanol–water partition coefficient (Wildman–Crippen LogP) is 4.02. The van der Waals surface area contributed by atoms with Gasteiger partial charge in [0.15, 0.2) is 0 Å². The van der Waals surface area contributed by atoms with Crippen LogP contribution in [0.15, 0.2) is 30.3 Å². The predicted molar refractivity (Wildman–Crippen MR) is 91.5 cm³/mol. The smallest absolute Gasteiger partial charge is 0.0331 e. The van der Waals surface area contributed by atoms with Gasteiger partial charge in [-0.3, -0.25) is 4.90 Å². The van der Waals surface area contributed by atoms with Crippen LogP contribution in [0.2, 0.25) is 0 Å². The monoisotopic (exact) mass is 288 g/mol. The lowest BCUT2D eigenvalue weighted by molar-refractivity contribution is 0.0893. The van der Waals surface area contributed by atoms with E-state index in [4.69, 9.17) is 5.73 Å². The van der Waals surface area contributed by atoms with Gasteiger partial charge in [-0.25, -0.2) is 0 Å². The van der Waals surface area contributed by atoms with E-state index in [0.29, 0.717) is 5.92 Å². The van der Waals surface area contributed by atoms with Gasteiger partial charge in [0.05, 0.1) is 0 Å². The maximum absolute atomic E-state index is 6.24. The first-order chi connectivity index (χ1) is 10.1. The molecule has 1 aliphatic heterocycles. The number of nitrogens with two attached hydrogens (primary N) is 1. The molecule has 1 heterocycles. The number of hydrogen-bond acceptors (Lipinski definition) is 2. The van der Waals surface area contributed by atoms with Crippen LogP contribution in [0.25, 0.3) is 0 Å². The van der Waals surface area contributed by atoms with Crippen molar-refractivity contribution in [3.05, 3.63) is 35.9 Å². The van der Waals surface area contributed by atoms with Crippen LogP contribution in [0.3, 0.4) is 0 Å². The molecule has 21 heavy (non-hydrogen) atoms. The molecule has 2 N–H and O–H groups in total. The number of hydrogen-bond donors (Lipinski definition) is 1. The fourth-order valence-corrected chi connectivity index (χ4v) is 3.84. The van der Waals surface area contributed by atoms with Crippen molar-refractivity contribution >= 4 is 0 Å². The van der Waals surface area contributed by atoms with Gasteiger partial charge in [-0.05, 0) is 43.2 Å². The van der Waals surface area contributed by atoms with E-state index in [9.17, 15) is 0 Å². The lowest BCUT2D eigenvalue weighted by Crippen LogP contribution is -2.53. The molecule has 1 saturated heterocycles. The van der Waals surface area contributed by atoms with Crippen molar-refractivity contribution in [1.29, 1.82) is 0 Å². The highest BCUT2D eigenvalue weighted by molar-refractivity contribution is 5.21. The van der Waals surface area contributed by atoms with Gasteiger partial charge in [0.1, 0.15) is 0 Å². The average molecular weight is 288 g/mol. The van der Waals surface area contributed by atoms with E-state index >= 15 is 0 Å². The second-order valence-electron chi connectivity index (χ2n) is 6.84. The zero-order valence-corrected chi connectivity index (χ0v) is 14.0. The van der Waals surface area contributed by atoms with Crippen molar-refractivity contribution in [2.24, 2.45) is 11.7 Å². The van der Waals surface area contributed by atoms with E-state index < -0.39 is 0 Å². The molecule has 3 unspecified atom stereocenters. The molecule has 0 aliphatic carbocycles. The second-order valence-corrected chi connectivity index (χ2v) is 6.84. The molecule has 2 rings (SSSR count). The minimum atomic E-state index is 0.207. The summed E-state index contributed by atoms with van der Waals surface area (Å²) in [6.45, 7) is 10.1. The summed E-state index contributed by atoms with van der Waals surface area (Å²) in [5.41, 5.74) is 7.94. The third kappa shape index (κ3) is 3.67. The molecule has 1 aliphatic rings. The molecule has 1 aromatic carbocycles. The minimum Gasteiger partial charge on any atom is -0.329 e. The molecule has 0 aromatic heterocycles. The second kappa shape index (κ2) is 7.42. The summed E-state index contributed by atoms with van der Waals surface area (Å²) in [4.78, 5) is 2.69. The van der Waals surface area contributed by atoms with Gasteiger partial charge in [-0.15, -0.1) is 0 Å². The Hall–Kier alpha value is -0.860. The Labute approximate surface area is 130 Å². The minimum absolute atomic E-state index is 0.207. The largest absolute Gasteiger partial charge is 0.329 e. The Morgan fingerprint density at radius 2 is 2.00 bits per heavy atom. The number of rotatable bonds is 7. The summed E-state index contributed by atoms with van der Waals surface area (Å²) in [6.07, 6.45) is 4.91. The molecule has 0 amide bonds. The van der Waals surface area contributed by atoms with Gasteiger partial charge in [0, 0.05) is 18.6 Å². The van der Waals surface area contributed by atoms with Gasteiger partial charge < -0.3 is 5.73 Å². The van der Waals surface area contributed by atoms with E-state index in [1.54, 1.807) is 0 Å². The molecule has 118 valence electrons. The highest BCUT2D eigenvalue weighted by Crippen LogP contribution is 2.36. The molecule has 0 radical (unpaired) electrons. The topological polar surface area (TPSA) is 29.3 Å². The third-order valence-electron chi connectivity index (χ3n) is 5.59. The first-order valence-corrected chi connectivity index (χ1v) is 8.65. The van der Waals surface area contributed by atoms with Crippen LogP contribution in [-0.2, 0) is 0 Å². The Morgan fingerprint density at radius 3 is 2.57 bits per heavy atom. The van der Waals surface area contributed by atoms with E-state index in [2.05, 4.69) is 56.0 Å². The van der Waals surface area contributed by atoms with Crippen LogP contribution in [0, 0.1) is 5.92 Å².